The lowest BCUT2D eigenvalue weighted by molar-refractivity contribution is 0.0942. The lowest BCUT2D eigenvalue weighted by atomic mass is 10.1. The zero-order valence-electron chi connectivity index (χ0n) is 10.9. The van der Waals surface area contributed by atoms with Crippen molar-refractivity contribution in [1.82, 2.24) is 5.32 Å². The van der Waals surface area contributed by atoms with Crippen molar-refractivity contribution in [2.45, 2.75) is 25.8 Å². The summed E-state index contributed by atoms with van der Waals surface area (Å²) < 4.78 is 6.04. The molecule has 1 atom stereocenters. The number of methoxy groups -OCH3 is 1. The lowest BCUT2D eigenvalue weighted by Gasteiger charge is -2.17. The van der Waals surface area contributed by atoms with Crippen LogP contribution in [0.2, 0.25) is 0 Å². The van der Waals surface area contributed by atoms with Gasteiger partial charge in [0, 0.05) is 4.47 Å². The number of hydrogen-bond acceptors (Lipinski definition) is 3. The molecule has 0 aliphatic rings. The van der Waals surface area contributed by atoms with Gasteiger partial charge >= 0.3 is 0 Å². The van der Waals surface area contributed by atoms with Crippen molar-refractivity contribution < 1.29 is 9.53 Å². The Morgan fingerprint density at radius 2 is 2.26 bits per heavy atom. The Labute approximate surface area is 126 Å². The Kier molecular flexibility index (Phi) is 6.24. The van der Waals surface area contributed by atoms with Gasteiger partial charge in [0.25, 0.3) is 5.91 Å². The van der Waals surface area contributed by atoms with Crippen molar-refractivity contribution >= 4 is 39.0 Å². The van der Waals surface area contributed by atoms with E-state index in [0.717, 1.165) is 17.3 Å². The van der Waals surface area contributed by atoms with Crippen molar-refractivity contribution in [1.29, 1.82) is 0 Å². The van der Waals surface area contributed by atoms with Gasteiger partial charge in [0.05, 0.1) is 23.7 Å². The summed E-state index contributed by atoms with van der Waals surface area (Å²) in [6.07, 6.45) is 1.61. The molecule has 0 spiro atoms. The van der Waals surface area contributed by atoms with E-state index in [0.29, 0.717) is 16.3 Å². The van der Waals surface area contributed by atoms with E-state index in [1.54, 1.807) is 18.2 Å². The predicted octanol–water partition coefficient (Wildman–Crippen LogP) is 2.64. The fourth-order valence-corrected chi connectivity index (χ4v) is 2.18. The Balaban J connectivity index is 2.91. The van der Waals surface area contributed by atoms with Gasteiger partial charge in [-0.15, -0.1) is 0 Å². The topological polar surface area (TPSA) is 64.3 Å². The van der Waals surface area contributed by atoms with E-state index in [9.17, 15) is 4.79 Å². The monoisotopic (exact) mass is 344 g/mol. The summed E-state index contributed by atoms with van der Waals surface area (Å²) in [4.78, 5) is 12.5. The van der Waals surface area contributed by atoms with Gasteiger partial charge in [0.1, 0.15) is 5.75 Å². The Morgan fingerprint density at radius 3 is 2.79 bits per heavy atom. The maximum absolute atomic E-state index is 12.2. The number of hydrogen-bond donors (Lipinski definition) is 2. The smallest absolute Gasteiger partial charge is 0.255 e. The van der Waals surface area contributed by atoms with E-state index >= 15 is 0 Å². The fourth-order valence-electron chi connectivity index (χ4n) is 1.66. The highest BCUT2D eigenvalue weighted by molar-refractivity contribution is 9.10. The summed E-state index contributed by atoms with van der Waals surface area (Å²) in [7, 11) is 1.52. The van der Waals surface area contributed by atoms with Crippen LogP contribution in [0, 0.1) is 0 Å². The molecular weight excluding hydrogens is 328 g/mol. The molecule has 4 nitrogen and oxygen atoms in total. The minimum Gasteiger partial charge on any atom is -0.496 e. The van der Waals surface area contributed by atoms with Crippen molar-refractivity contribution in [3.05, 3.63) is 28.2 Å². The van der Waals surface area contributed by atoms with Crippen molar-refractivity contribution in [3.63, 3.8) is 0 Å². The number of ether oxygens (including phenoxy) is 1. The maximum Gasteiger partial charge on any atom is 0.255 e. The van der Waals surface area contributed by atoms with Crippen molar-refractivity contribution in [3.8, 4) is 5.75 Å². The number of amides is 1. The number of nitrogens with one attached hydrogen (secondary N) is 1. The third kappa shape index (κ3) is 4.47. The summed E-state index contributed by atoms with van der Waals surface area (Å²) in [5, 5.41) is 2.83. The van der Waals surface area contributed by atoms with Crippen molar-refractivity contribution in [2.75, 3.05) is 7.11 Å². The number of halogens is 1. The van der Waals surface area contributed by atoms with Crippen LogP contribution >= 0.6 is 28.1 Å². The molecule has 19 heavy (non-hydrogen) atoms. The van der Waals surface area contributed by atoms with E-state index in [-0.39, 0.29) is 11.9 Å². The molecule has 0 radical (unpaired) electrons. The Bertz CT molecular complexity index is 480. The minimum absolute atomic E-state index is 0.240. The molecule has 0 bridgehead atoms. The van der Waals surface area contributed by atoms with Crippen LogP contribution in [-0.4, -0.2) is 24.0 Å². The molecule has 0 saturated carbocycles. The summed E-state index contributed by atoms with van der Waals surface area (Å²) in [6, 6.07) is 4.93. The molecule has 1 unspecified atom stereocenters. The molecule has 0 saturated heterocycles. The first-order valence-corrected chi connectivity index (χ1v) is 7.13. The van der Waals surface area contributed by atoms with Crippen LogP contribution in [0.5, 0.6) is 5.75 Å². The second kappa shape index (κ2) is 7.45. The second-order valence-electron chi connectivity index (χ2n) is 4.06. The molecule has 1 aromatic rings. The summed E-state index contributed by atoms with van der Waals surface area (Å²) in [6.45, 7) is 2.01. The van der Waals surface area contributed by atoms with Crippen LogP contribution in [0.25, 0.3) is 0 Å². The molecule has 0 heterocycles. The SMILES string of the molecule is CCCC(NC(=O)c1ccc(Br)cc1OC)C(N)=S. The van der Waals surface area contributed by atoms with Gasteiger partial charge < -0.3 is 15.8 Å². The standard InChI is InChI=1S/C13H17BrN2O2S/c1-3-4-10(12(15)19)16-13(17)9-6-5-8(14)7-11(9)18-2/h5-7,10H,3-4H2,1-2H3,(H2,15,19)(H,16,17). The van der Waals surface area contributed by atoms with Crippen LogP contribution < -0.4 is 15.8 Å². The number of rotatable bonds is 6. The molecule has 0 fully saturated rings. The molecule has 6 heteroatoms. The first-order valence-electron chi connectivity index (χ1n) is 5.93. The molecule has 104 valence electrons. The highest BCUT2D eigenvalue weighted by atomic mass is 79.9. The van der Waals surface area contributed by atoms with Crippen LogP contribution in [0.4, 0.5) is 0 Å². The van der Waals surface area contributed by atoms with Gasteiger partial charge in [-0.2, -0.15) is 0 Å². The van der Waals surface area contributed by atoms with Crippen LogP contribution in [0.1, 0.15) is 30.1 Å². The molecule has 0 aliphatic carbocycles. The molecule has 0 aromatic heterocycles. The zero-order chi connectivity index (χ0) is 14.4. The minimum atomic E-state index is -0.291. The van der Waals surface area contributed by atoms with Gasteiger partial charge in [-0.1, -0.05) is 41.5 Å². The average Bonchev–Trinajstić information content (AvgIpc) is 2.37. The Morgan fingerprint density at radius 1 is 1.58 bits per heavy atom. The third-order valence-electron chi connectivity index (χ3n) is 2.63. The molecule has 0 aliphatic heterocycles. The highest BCUT2D eigenvalue weighted by Crippen LogP contribution is 2.23. The van der Waals surface area contributed by atoms with Gasteiger partial charge in [-0.3, -0.25) is 4.79 Å². The first kappa shape index (κ1) is 15.9. The molecule has 1 aromatic carbocycles. The second-order valence-corrected chi connectivity index (χ2v) is 5.45. The largest absolute Gasteiger partial charge is 0.496 e. The van der Waals surface area contributed by atoms with Crippen LogP contribution in [0.15, 0.2) is 22.7 Å². The van der Waals surface area contributed by atoms with Crippen LogP contribution in [-0.2, 0) is 0 Å². The lowest BCUT2D eigenvalue weighted by Crippen LogP contribution is -2.43. The molecule has 3 N–H and O–H groups in total. The molecular formula is C13H17BrN2O2S. The van der Waals surface area contributed by atoms with E-state index in [1.165, 1.54) is 7.11 Å². The van der Waals surface area contributed by atoms with Gasteiger partial charge in [0.2, 0.25) is 0 Å². The Hall–Kier alpha value is -1.14. The number of benzene rings is 1. The first-order chi connectivity index (χ1) is 8.99. The zero-order valence-corrected chi connectivity index (χ0v) is 13.3. The molecule has 1 amide bonds. The number of thiocarbonyl (C=S) groups is 1. The maximum atomic E-state index is 12.2. The van der Waals surface area contributed by atoms with E-state index in [1.807, 2.05) is 6.92 Å². The highest BCUT2D eigenvalue weighted by Gasteiger charge is 2.18. The third-order valence-corrected chi connectivity index (χ3v) is 3.41. The van der Waals surface area contributed by atoms with Gasteiger partial charge in [0.15, 0.2) is 0 Å². The predicted molar refractivity (Wildman–Crippen MR) is 83.6 cm³/mol. The summed E-state index contributed by atoms with van der Waals surface area (Å²) in [5.74, 6) is 0.265. The molecule has 1 rings (SSSR count). The quantitative estimate of drug-likeness (QED) is 0.778. The van der Waals surface area contributed by atoms with E-state index in [2.05, 4.69) is 21.2 Å². The summed E-state index contributed by atoms with van der Waals surface area (Å²) >= 11 is 8.29. The van der Waals surface area contributed by atoms with Crippen LogP contribution in [0.3, 0.4) is 0 Å². The number of carbonyl (C=O) groups is 1. The van der Waals surface area contributed by atoms with E-state index in [4.69, 9.17) is 22.7 Å². The normalized spacial score (nSPS) is 11.7. The number of nitrogens with two attached hydrogens (primary N) is 1. The van der Waals surface area contributed by atoms with Crippen molar-refractivity contribution in [2.24, 2.45) is 5.73 Å². The fraction of sp³-hybridized carbons (Fsp3) is 0.385. The average molecular weight is 345 g/mol. The van der Waals surface area contributed by atoms with Gasteiger partial charge in [-0.05, 0) is 24.6 Å². The van der Waals surface area contributed by atoms with E-state index < -0.39 is 0 Å². The summed E-state index contributed by atoms with van der Waals surface area (Å²) in [5.41, 5.74) is 6.08. The van der Waals surface area contributed by atoms with Gasteiger partial charge in [-0.25, -0.2) is 0 Å². The number of carbonyl (C=O) groups excluding carboxylic acids is 1.